The zero-order chi connectivity index (χ0) is 8.10. The highest BCUT2D eigenvalue weighted by atomic mass is 32.1. The molecule has 0 nitrogen and oxygen atoms in total. The van der Waals surface area contributed by atoms with Crippen molar-refractivity contribution >= 4 is 24.8 Å². The SMILES string of the molecule is C=Cc1ccccc1/C=C/S. The maximum absolute atomic E-state index is 4.00. The molecule has 0 fully saturated rings. The van der Waals surface area contributed by atoms with E-state index >= 15 is 0 Å². The van der Waals surface area contributed by atoms with Crippen LogP contribution in [0.5, 0.6) is 0 Å². The maximum Gasteiger partial charge on any atom is -0.0179 e. The van der Waals surface area contributed by atoms with Gasteiger partial charge in [-0.05, 0) is 22.6 Å². The van der Waals surface area contributed by atoms with E-state index in [1.807, 2.05) is 36.4 Å². The lowest BCUT2D eigenvalue weighted by Gasteiger charge is -1.97. The first-order chi connectivity index (χ1) is 5.38. The molecule has 0 saturated carbocycles. The van der Waals surface area contributed by atoms with Crippen LogP contribution in [0.2, 0.25) is 0 Å². The zero-order valence-corrected chi connectivity index (χ0v) is 7.09. The minimum atomic E-state index is 1.14. The van der Waals surface area contributed by atoms with Crippen molar-refractivity contribution in [2.24, 2.45) is 0 Å². The molecule has 0 aromatic heterocycles. The van der Waals surface area contributed by atoms with Crippen molar-refractivity contribution in [1.82, 2.24) is 0 Å². The Morgan fingerprint density at radius 1 is 1.18 bits per heavy atom. The van der Waals surface area contributed by atoms with Gasteiger partial charge in [-0.2, -0.15) is 12.6 Å². The first-order valence-electron chi connectivity index (χ1n) is 3.40. The first-order valence-corrected chi connectivity index (χ1v) is 3.92. The lowest BCUT2D eigenvalue weighted by Crippen LogP contribution is -1.76. The van der Waals surface area contributed by atoms with Gasteiger partial charge in [0, 0.05) is 0 Å². The number of rotatable bonds is 2. The molecule has 0 aliphatic rings. The minimum Gasteiger partial charge on any atom is -0.151 e. The Hall–Kier alpha value is -0.950. The zero-order valence-electron chi connectivity index (χ0n) is 6.20. The molecular formula is C10H10S. The number of hydrogen-bond donors (Lipinski definition) is 1. The molecule has 1 rings (SSSR count). The molecule has 0 spiro atoms. The molecule has 0 aliphatic carbocycles. The molecule has 1 aromatic carbocycles. The van der Waals surface area contributed by atoms with E-state index in [0.29, 0.717) is 0 Å². The predicted molar refractivity (Wildman–Crippen MR) is 54.6 cm³/mol. The summed E-state index contributed by atoms with van der Waals surface area (Å²) in [5.41, 5.74) is 2.29. The second-order valence-corrected chi connectivity index (χ2v) is 2.45. The second kappa shape index (κ2) is 4.04. The van der Waals surface area contributed by atoms with Gasteiger partial charge in [-0.15, -0.1) is 0 Å². The third kappa shape index (κ3) is 1.99. The fourth-order valence-electron chi connectivity index (χ4n) is 0.929. The third-order valence-corrected chi connectivity index (χ3v) is 1.62. The van der Waals surface area contributed by atoms with Gasteiger partial charge >= 0.3 is 0 Å². The van der Waals surface area contributed by atoms with Crippen LogP contribution in [-0.4, -0.2) is 0 Å². The van der Waals surface area contributed by atoms with E-state index in [2.05, 4.69) is 19.2 Å². The average Bonchev–Trinajstić information content (AvgIpc) is 2.06. The molecule has 1 heteroatoms. The largest absolute Gasteiger partial charge is 0.151 e. The van der Waals surface area contributed by atoms with Crippen molar-refractivity contribution in [1.29, 1.82) is 0 Å². The summed E-state index contributed by atoms with van der Waals surface area (Å²) in [7, 11) is 0. The molecule has 0 aliphatic heterocycles. The third-order valence-electron chi connectivity index (χ3n) is 1.47. The molecule has 1 aromatic rings. The summed E-state index contributed by atoms with van der Waals surface area (Å²) in [5.74, 6) is 0. The van der Waals surface area contributed by atoms with Crippen molar-refractivity contribution in [2.75, 3.05) is 0 Å². The minimum absolute atomic E-state index is 1.14. The van der Waals surface area contributed by atoms with Gasteiger partial charge in [-0.3, -0.25) is 0 Å². The molecular weight excluding hydrogens is 152 g/mol. The van der Waals surface area contributed by atoms with E-state index in [4.69, 9.17) is 0 Å². The van der Waals surface area contributed by atoms with Crippen LogP contribution in [0.25, 0.3) is 12.2 Å². The standard InChI is InChI=1S/C10H10S/c1-2-9-5-3-4-6-10(9)7-8-11/h2-8,11H,1H2/b8-7+. The first kappa shape index (κ1) is 8.15. The van der Waals surface area contributed by atoms with E-state index in [0.717, 1.165) is 11.1 Å². The van der Waals surface area contributed by atoms with Crippen LogP contribution in [0.4, 0.5) is 0 Å². The Labute approximate surface area is 72.7 Å². The second-order valence-electron chi connectivity index (χ2n) is 2.15. The predicted octanol–water partition coefficient (Wildman–Crippen LogP) is 3.23. The fraction of sp³-hybridized carbons (Fsp3) is 0. The monoisotopic (exact) mass is 162 g/mol. The summed E-state index contributed by atoms with van der Waals surface area (Å²) in [6.45, 7) is 3.72. The van der Waals surface area contributed by atoms with Crippen LogP contribution < -0.4 is 0 Å². The van der Waals surface area contributed by atoms with Gasteiger partial charge in [0.25, 0.3) is 0 Å². The summed E-state index contributed by atoms with van der Waals surface area (Å²) in [5, 5.41) is 1.72. The van der Waals surface area contributed by atoms with Crippen molar-refractivity contribution in [2.45, 2.75) is 0 Å². The molecule has 0 bridgehead atoms. The van der Waals surface area contributed by atoms with Crippen molar-refractivity contribution in [3.63, 3.8) is 0 Å². The van der Waals surface area contributed by atoms with Gasteiger partial charge in [0.1, 0.15) is 0 Å². The smallest absolute Gasteiger partial charge is 0.0179 e. The molecule has 0 heterocycles. The van der Waals surface area contributed by atoms with E-state index in [-0.39, 0.29) is 0 Å². The van der Waals surface area contributed by atoms with Gasteiger partial charge in [-0.1, -0.05) is 36.9 Å². The Morgan fingerprint density at radius 3 is 2.36 bits per heavy atom. The van der Waals surface area contributed by atoms with Crippen molar-refractivity contribution in [3.05, 3.63) is 47.4 Å². The lowest BCUT2D eigenvalue weighted by molar-refractivity contribution is 1.62. The van der Waals surface area contributed by atoms with Gasteiger partial charge in [-0.25, -0.2) is 0 Å². The molecule has 56 valence electrons. The van der Waals surface area contributed by atoms with E-state index in [1.54, 1.807) is 5.41 Å². The Morgan fingerprint density at radius 2 is 1.82 bits per heavy atom. The molecule has 0 radical (unpaired) electrons. The van der Waals surface area contributed by atoms with Crippen LogP contribution in [0.1, 0.15) is 11.1 Å². The van der Waals surface area contributed by atoms with Crippen molar-refractivity contribution < 1.29 is 0 Å². The highest BCUT2D eigenvalue weighted by Gasteiger charge is 1.90. The van der Waals surface area contributed by atoms with E-state index in [1.165, 1.54) is 0 Å². The molecule has 0 atom stereocenters. The van der Waals surface area contributed by atoms with Gasteiger partial charge < -0.3 is 0 Å². The van der Waals surface area contributed by atoms with E-state index < -0.39 is 0 Å². The molecule has 0 N–H and O–H groups in total. The van der Waals surface area contributed by atoms with E-state index in [9.17, 15) is 0 Å². The topological polar surface area (TPSA) is 0 Å². The average molecular weight is 162 g/mol. The Kier molecular flexibility index (Phi) is 2.99. The van der Waals surface area contributed by atoms with Crippen LogP contribution >= 0.6 is 12.6 Å². The summed E-state index contributed by atoms with van der Waals surface area (Å²) in [4.78, 5) is 0. The summed E-state index contributed by atoms with van der Waals surface area (Å²) >= 11 is 4.00. The van der Waals surface area contributed by atoms with Crippen LogP contribution in [0.15, 0.2) is 36.3 Å². The highest BCUT2D eigenvalue weighted by Crippen LogP contribution is 2.11. The fourth-order valence-corrected chi connectivity index (χ4v) is 1.09. The quantitative estimate of drug-likeness (QED) is 0.634. The molecule has 0 unspecified atom stereocenters. The van der Waals surface area contributed by atoms with Gasteiger partial charge in [0.15, 0.2) is 0 Å². The Bertz CT molecular complexity index is 274. The summed E-state index contributed by atoms with van der Waals surface area (Å²) < 4.78 is 0. The summed E-state index contributed by atoms with van der Waals surface area (Å²) in [6, 6.07) is 8.04. The highest BCUT2D eigenvalue weighted by molar-refractivity contribution is 7.83. The lowest BCUT2D eigenvalue weighted by atomic mass is 10.1. The molecule has 11 heavy (non-hydrogen) atoms. The van der Waals surface area contributed by atoms with Gasteiger partial charge in [0.05, 0.1) is 0 Å². The normalized spacial score (nSPS) is 10.3. The van der Waals surface area contributed by atoms with Gasteiger partial charge in [0.2, 0.25) is 0 Å². The molecule has 0 amide bonds. The summed E-state index contributed by atoms with van der Waals surface area (Å²) in [6.07, 6.45) is 3.78. The Balaban J connectivity index is 3.11. The number of hydrogen-bond acceptors (Lipinski definition) is 1. The molecule has 0 saturated heterocycles. The van der Waals surface area contributed by atoms with Crippen LogP contribution in [0.3, 0.4) is 0 Å². The maximum atomic E-state index is 4.00. The number of thiol groups is 1. The van der Waals surface area contributed by atoms with Crippen LogP contribution in [0, 0.1) is 0 Å². The van der Waals surface area contributed by atoms with Crippen LogP contribution in [-0.2, 0) is 0 Å². The van der Waals surface area contributed by atoms with Crippen molar-refractivity contribution in [3.8, 4) is 0 Å². The number of benzene rings is 1.